The van der Waals surface area contributed by atoms with Gasteiger partial charge >= 0.3 is 5.97 Å². The fourth-order valence-corrected chi connectivity index (χ4v) is 4.32. The minimum atomic E-state index is -0.382. The summed E-state index contributed by atoms with van der Waals surface area (Å²) in [4.78, 5) is 29.8. The minimum absolute atomic E-state index is 0.0831. The number of hydrogen-bond acceptors (Lipinski definition) is 7. The Hall–Kier alpha value is -3.17. The maximum absolute atomic E-state index is 12.8. The molecule has 3 aromatic rings. The summed E-state index contributed by atoms with van der Waals surface area (Å²) in [5, 5.41) is 0. The van der Waals surface area contributed by atoms with Gasteiger partial charge < -0.3 is 23.5 Å². The Bertz CT molecular complexity index is 1180. The van der Waals surface area contributed by atoms with Crippen LogP contribution in [0.1, 0.15) is 22.8 Å². The van der Waals surface area contributed by atoms with E-state index in [9.17, 15) is 9.59 Å². The van der Waals surface area contributed by atoms with Crippen molar-refractivity contribution in [3.05, 3.63) is 52.3 Å². The third-order valence-corrected chi connectivity index (χ3v) is 5.81. The third-order valence-electron chi connectivity index (χ3n) is 4.77. The van der Waals surface area contributed by atoms with Gasteiger partial charge in [-0.15, -0.1) is 0 Å². The second-order valence-electron chi connectivity index (χ2n) is 6.79. The highest BCUT2D eigenvalue weighted by Gasteiger charge is 2.14. The lowest BCUT2D eigenvalue weighted by atomic mass is 10.1. The van der Waals surface area contributed by atoms with Crippen molar-refractivity contribution < 1.29 is 28.5 Å². The highest BCUT2D eigenvalue weighted by Crippen LogP contribution is 2.25. The first-order valence-electron chi connectivity index (χ1n) is 10.1. The molecule has 0 aliphatic heterocycles. The molecule has 0 saturated heterocycles. The van der Waals surface area contributed by atoms with Gasteiger partial charge in [0.1, 0.15) is 11.5 Å². The van der Waals surface area contributed by atoms with Crippen LogP contribution in [0.3, 0.4) is 0 Å². The van der Waals surface area contributed by atoms with Crippen LogP contribution >= 0.6 is 11.3 Å². The molecule has 0 atom stereocenters. The SMILES string of the molecule is CCOC(=O)c1ccc2c(c1)sc(=NC(=O)Cc1ccc(OC)cc1OC)n2CCOC. The van der Waals surface area contributed by atoms with Gasteiger partial charge in [0.25, 0.3) is 5.91 Å². The standard InChI is InChI=1S/C23H26N2O6S/c1-5-31-22(27)16-7-9-18-20(12-16)32-23(25(18)10-11-28-2)24-21(26)13-15-6-8-17(29-3)14-19(15)30-4/h6-9,12,14H,5,10-11,13H2,1-4H3. The number of ether oxygens (including phenoxy) is 4. The lowest BCUT2D eigenvalue weighted by molar-refractivity contribution is -0.117. The summed E-state index contributed by atoms with van der Waals surface area (Å²) in [5.74, 6) is 0.522. The van der Waals surface area contributed by atoms with Gasteiger partial charge in [0.15, 0.2) is 4.80 Å². The van der Waals surface area contributed by atoms with E-state index in [-0.39, 0.29) is 18.3 Å². The molecule has 0 saturated carbocycles. The number of carbonyl (C=O) groups excluding carboxylic acids is 2. The zero-order valence-electron chi connectivity index (χ0n) is 18.5. The summed E-state index contributed by atoms with van der Waals surface area (Å²) >= 11 is 1.34. The van der Waals surface area contributed by atoms with Gasteiger partial charge in [0, 0.05) is 25.3 Å². The van der Waals surface area contributed by atoms with Crippen LogP contribution in [-0.2, 0) is 27.2 Å². The van der Waals surface area contributed by atoms with E-state index in [1.54, 1.807) is 58.6 Å². The highest BCUT2D eigenvalue weighted by atomic mass is 32.1. The molecule has 0 spiro atoms. The number of rotatable bonds is 9. The van der Waals surface area contributed by atoms with E-state index in [0.717, 1.165) is 15.8 Å². The molecule has 170 valence electrons. The average molecular weight is 459 g/mol. The van der Waals surface area contributed by atoms with Crippen LogP contribution in [0.2, 0.25) is 0 Å². The van der Waals surface area contributed by atoms with Crippen molar-refractivity contribution in [3.63, 3.8) is 0 Å². The molecule has 1 heterocycles. The predicted octanol–water partition coefficient (Wildman–Crippen LogP) is 3.21. The summed E-state index contributed by atoms with van der Waals surface area (Å²) < 4.78 is 23.6. The number of esters is 1. The normalized spacial score (nSPS) is 11.6. The Morgan fingerprint density at radius 2 is 1.88 bits per heavy atom. The molecule has 0 unspecified atom stereocenters. The molecule has 0 radical (unpaired) electrons. The largest absolute Gasteiger partial charge is 0.497 e. The number of carbonyl (C=O) groups is 2. The second-order valence-corrected chi connectivity index (χ2v) is 7.80. The number of fused-ring (bicyclic) bond motifs is 1. The van der Waals surface area contributed by atoms with Crippen LogP contribution in [0.15, 0.2) is 41.4 Å². The van der Waals surface area contributed by atoms with Crippen molar-refractivity contribution in [2.75, 3.05) is 34.5 Å². The van der Waals surface area contributed by atoms with Crippen LogP contribution in [0.5, 0.6) is 11.5 Å². The average Bonchev–Trinajstić information content (AvgIpc) is 3.13. The van der Waals surface area contributed by atoms with Crippen LogP contribution in [0.25, 0.3) is 10.2 Å². The Morgan fingerprint density at radius 3 is 2.56 bits per heavy atom. The lowest BCUT2D eigenvalue weighted by Crippen LogP contribution is -2.20. The molecular formula is C23H26N2O6S. The lowest BCUT2D eigenvalue weighted by Gasteiger charge is -2.09. The molecule has 1 aromatic heterocycles. The van der Waals surface area contributed by atoms with E-state index in [1.165, 1.54) is 11.3 Å². The molecule has 0 bridgehead atoms. The molecule has 3 rings (SSSR count). The number of hydrogen-bond donors (Lipinski definition) is 0. The van der Waals surface area contributed by atoms with E-state index in [2.05, 4.69) is 4.99 Å². The molecule has 0 aliphatic rings. The van der Waals surface area contributed by atoms with Gasteiger partial charge in [-0.1, -0.05) is 17.4 Å². The summed E-state index contributed by atoms with van der Waals surface area (Å²) in [7, 11) is 4.74. The Balaban J connectivity index is 1.98. The molecule has 0 fully saturated rings. The van der Waals surface area contributed by atoms with Crippen molar-refractivity contribution in [1.82, 2.24) is 4.57 Å². The third kappa shape index (κ3) is 5.35. The highest BCUT2D eigenvalue weighted by molar-refractivity contribution is 7.16. The number of nitrogens with zero attached hydrogens (tertiary/aromatic N) is 2. The van der Waals surface area contributed by atoms with E-state index in [0.29, 0.717) is 41.6 Å². The van der Waals surface area contributed by atoms with Crippen LogP contribution in [0, 0.1) is 0 Å². The number of amides is 1. The fraction of sp³-hybridized carbons (Fsp3) is 0.348. The maximum atomic E-state index is 12.8. The summed E-state index contributed by atoms with van der Waals surface area (Å²) in [6.07, 6.45) is 0.0831. The first-order valence-corrected chi connectivity index (χ1v) is 10.9. The first-order chi connectivity index (χ1) is 15.5. The molecule has 0 N–H and O–H groups in total. The van der Waals surface area contributed by atoms with Crippen molar-refractivity contribution in [2.24, 2.45) is 4.99 Å². The molecule has 2 aromatic carbocycles. The fourth-order valence-electron chi connectivity index (χ4n) is 3.21. The zero-order valence-corrected chi connectivity index (χ0v) is 19.4. The van der Waals surface area contributed by atoms with Crippen LogP contribution in [-0.4, -0.2) is 51.0 Å². The smallest absolute Gasteiger partial charge is 0.338 e. The van der Waals surface area contributed by atoms with E-state index in [4.69, 9.17) is 18.9 Å². The van der Waals surface area contributed by atoms with Gasteiger partial charge in [-0.25, -0.2) is 4.79 Å². The molecular weight excluding hydrogens is 432 g/mol. The van der Waals surface area contributed by atoms with Crippen LogP contribution < -0.4 is 14.3 Å². The maximum Gasteiger partial charge on any atom is 0.338 e. The minimum Gasteiger partial charge on any atom is -0.497 e. The molecule has 32 heavy (non-hydrogen) atoms. The Kier molecular flexibility index (Phi) is 8.02. The summed E-state index contributed by atoms with van der Waals surface area (Å²) in [6.45, 7) is 3.05. The van der Waals surface area contributed by atoms with Crippen molar-refractivity contribution in [2.45, 2.75) is 19.9 Å². The monoisotopic (exact) mass is 458 g/mol. The second kappa shape index (κ2) is 10.9. The molecule has 8 nitrogen and oxygen atoms in total. The molecule has 1 amide bonds. The van der Waals surface area contributed by atoms with Gasteiger partial charge in [0.2, 0.25) is 0 Å². The zero-order chi connectivity index (χ0) is 23.1. The summed E-state index contributed by atoms with van der Waals surface area (Å²) in [5.41, 5.74) is 2.05. The van der Waals surface area contributed by atoms with Gasteiger partial charge in [-0.05, 0) is 31.2 Å². The number of methoxy groups -OCH3 is 3. The number of aromatic nitrogens is 1. The van der Waals surface area contributed by atoms with E-state index < -0.39 is 0 Å². The Morgan fingerprint density at radius 1 is 1.06 bits per heavy atom. The first kappa shape index (κ1) is 23.5. The molecule has 9 heteroatoms. The van der Waals surface area contributed by atoms with Crippen molar-refractivity contribution >= 4 is 33.4 Å². The van der Waals surface area contributed by atoms with Gasteiger partial charge in [-0.2, -0.15) is 4.99 Å². The van der Waals surface area contributed by atoms with E-state index in [1.807, 2.05) is 10.6 Å². The van der Waals surface area contributed by atoms with Crippen LogP contribution in [0.4, 0.5) is 0 Å². The topological polar surface area (TPSA) is 88.4 Å². The number of benzene rings is 2. The van der Waals surface area contributed by atoms with E-state index >= 15 is 0 Å². The van der Waals surface area contributed by atoms with Crippen molar-refractivity contribution in [1.29, 1.82) is 0 Å². The Labute approximate surface area is 190 Å². The van der Waals surface area contributed by atoms with Crippen molar-refractivity contribution in [3.8, 4) is 11.5 Å². The van der Waals surface area contributed by atoms with Gasteiger partial charge in [-0.3, -0.25) is 4.79 Å². The molecule has 0 aliphatic carbocycles. The predicted molar refractivity (Wildman–Crippen MR) is 121 cm³/mol. The van der Waals surface area contributed by atoms with Gasteiger partial charge in [0.05, 0.1) is 49.6 Å². The number of thiazole rings is 1. The summed E-state index contributed by atoms with van der Waals surface area (Å²) in [6, 6.07) is 10.6. The quantitative estimate of drug-likeness (QED) is 0.458.